The summed E-state index contributed by atoms with van der Waals surface area (Å²) in [6.07, 6.45) is 0.788. The number of ether oxygens (including phenoxy) is 1. The second kappa shape index (κ2) is 3.58. The van der Waals surface area contributed by atoms with Crippen molar-refractivity contribution in [3.63, 3.8) is 0 Å². The first-order chi connectivity index (χ1) is 5.02. The zero-order valence-corrected chi connectivity index (χ0v) is 9.22. The van der Waals surface area contributed by atoms with E-state index in [9.17, 15) is 0 Å². The highest BCUT2D eigenvalue weighted by Gasteiger charge is 2.37. The van der Waals surface area contributed by atoms with Crippen LogP contribution in [0.1, 0.15) is 27.7 Å². The van der Waals surface area contributed by atoms with Gasteiger partial charge in [0.15, 0.2) is 0 Å². The quantitative estimate of drug-likeness (QED) is 0.623. The van der Waals surface area contributed by atoms with E-state index in [1.54, 1.807) is 0 Å². The first kappa shape index (κ1) is 9.75. The van der Waals surface area contributed by atoms with E-state index in [4.69, 9.17) is 4.74 Å². The SMILES string of the molecule is CC(C)OC1CSSC1(C)C. The first-order valence-electron chi connectivity index (χ1n) is 3.98. The van der Waals surface area contributed by atoms with E-state index in [1.165, 1.54) is 0 Å². The largest absolute Gasteiger partial charge is 0.373 e. The molecule has 66 valence electrons. The minimum absolute atomic E-state index is 0.301. The van der Waals surface area contributed by atoms with Gasteiger partial charge in [0.2, 0.25) is 0 Å². The molecule has 1 heterocycles. The minimum Gasteiger partial charge on any atom is -0.373 e. The van der Waals surface area contributed by atoms with Gasteiger partial charge in [0.1, 0.15) is 0 Å². The maximum Gasteiger partial charge on any atom is 0.0826 e. The molecular formula is C8H16OS2. The maximum atomic E-state index is 5.78. The summed E-state index contributed by atoms with van der Waals surface area (Å²) in [5.41, 5.74) is 0. The average Bonchev–Trinajstić information content (AvgIpc) is 2.10. The van der Waals surface area contributed by atoms with Crippen molar-refractivity contribution in [3.8, 4) is 0 Å². The van der Waals surface area contributed by atoms with Crippen LogP contribution in [0.4, 0.5) is 0 Å². The zero-order valence-electron chi connectivity index (χ0n) is 7.59. The molecule has 1 aliphatic heterocycles. The normalized spacial score (nSPS) is 29.7. The van der Waals surface area contributed by atoms with Crippen LogP contribution in [0, 0.1) is 0 Å². The standard InChI is InChI=1S/C8H16OS2/c1-6(2)9-7-5-10-11-8(7,3)4/h6-7H,5H2,1-4H3. The van der Waals surface area contributed by atoms with Gasteiger partial charge in [0.05, 0.1) is 12.2 Å². The van der Waals surface area contributed by atoms with Crippen LogP contribution >= 0.6 is 21.6 Å². The molecule has 1 atom stereocenters. The van der Waals surface area contributed by atoms with Crippen molar-refractivity contribution in [3.05, 3.63) is 0 Å². The van der Waals surface area contributed by atoms with Crippen molar-refractivity contribution in [2.24, 2.45) is 0 Å². The molecule has 0 aromatic heterocycles. The highest BCUT2D eigenvalue weighted by Crippen LogP contribution is 2.47. The molecule has 1 rings (SSSR count). The Kier molecular flexibility index (Phi) is 3.18. The smallest absolute Gasteiger partial charge is 0.0826 e. The summed E-state index contributed by atoms with van der Waals surface area (Å²) in [5, 5.41) is 0. The van der Waals surface area contributed by atoms with E-state index in [2.05, 4.69) is 27.7 Å². The van der Waals surface area contributed by atoms with Crippen LogP contribution in [0.5, 0.6) is 0 Å². The lowest BCUT2D eigenvalue weighted by Crippen LogP contribution is -2.34. The lowest BCUT2D eigenvalue weighted by molar-refractivity contribution is 0.00749. The molecule has 0 aliphatic carbocycles. The highest BCUT2D eigenvalue weighted by atomic mass is 33.1. The molecule has 1 fully saturated rings. The highest BCUT2D eigenvalue weighted by molar-refractivity contribution is 8.77. The fourth-order valence-electron chi connectivity index (χ4n) is 1.03. The summed E-state index contributed by atoms with van der Waals surface area (Å²) in [6.45, 7) is 8.71. The van der Waals surface area contributed by atoms with Crippen molar-refractivity contribution < 1.29 is 4.74 Å². The number of rotatable bonds is 2. The van der Waals surface area contributed by atoms with Gasteiger partial charge in [-0.05, 0) is 27.7 Å². The van der Waals surface area contributed by atoms with Gasteiger partial charge in [-0.25, -0.2) is 0 Å². The predicted octanol–water partition coefficient (Wildman–Crippen LogP) is 2.95. The molecule has 0 aromatic carbocycles. The van der Waals surface area contributed by atoms with E-state index in [1.807, 2.05) is 21.6 Å². The van der Waals surface area contributed by atoms with E-state index in [-0.39, 0.29) is 0 Å². The molecule has 0 radical (unpaired) electrons. The van der Waals surface area contributed by atoms with Crippen LogP contribution in [0.3, 0.4) is 0 Å². The summed E-state index contributed by atoms with van der Waals surface area (Å²) < 4.78 is 6.09. The molecule has 0 amide bonds. The number of hydrogen-bond donors (Lipinski definition) is 0. The van der Waals surface area contributed by atoms with Gasteiger partial charge in [-0.3, -0.25) is 0 Å². The Labute approximate surface area is 77.0 Å². The molecule has 1 unspecified atom stereocenters. The van der Waals surface area contributed by atoms with Crippen LogP contribution in [-0.2, 0) is 4.74 Å². The van der Waals surface area contributed by atoms with Gasteiger partial charge < -0.3 is 4.74 Å². The Morgan fingerprint density at radius 1 is 1.45 bits per heavy atom. The molecule has 11 heavy (non-hydrogen) atoms. The third kappa shape index (κ3) is 2.56. The molecule has 1 aliphatic rings. The van der Waals surface area contributed by atoms with Crippen LogP contribution in [0.25, 0.3) is 0 Å². The van der Waals surface area contributed by atoms with Crippen LogP contribution in [0.15, 0.2) is 0 Å². The topological polar surface area (TPSA) is 9.23 Å². The Balaban J connectivity index is 2.45. The molecule has 1 nitrogen and oxygen atoms in total. The molecule has 0 spiro atoms. The van der Waals surface area contributed by atoms with Crippen LogP contribution in [-0.4, -0.2) is 22.7 Å². The summed E-state index contributed by atoms with van der Waals surface area (Å²) in [7, 11) is 3.86. The second-order valence-electron chi connectivity index (χ2n) is 3.64. The molecule has 3 heteroatoms. The summed E-state index contributed by atoms with van der Waals surface area (Å²) in [4.78, 5) is 0. The minimum atomic E-state index is 0.301. The van der Waals surface area contributed by atoms with E-state index >= 15 is 0 Å². The van der Waals surface area contributed by atoms with Crippen molar-refractivity contribution >= 4 is 21.6 Å². The Hall–Kier alpha value is 0.660. The Bertz CT molecular complexity index is 134. The van der Waals surface area contributed by atoms with Gasteiger partial charge in [-0.2, -0.15) is 0 Å². The average molecular weight is 192 g/mol. The lowest BCUT2D eigenvalue weighted by Gasteiger charge is -2.26. The molecule has 0 saturated carbocycles. The Morgan fingerprint density at radius 2 is 2.09 bits per heavy atom. The molecule has 0 aromatic rings. The predicted molar refractivity (Wildman–Crippen MR) is 54.1 cm³/mol. The molecule has 0 N–H and O–H groups in total. The van der Waals surface area contributed by atoms with Gasteiger partial charge in [0, 0.05) is 10.5 Å². The summed E-state index contributed by atoms with van der Waals surface area (Å²) in [6, 6.07) is 0. The third-order valence-corrected chi connectivity index (χ3v) is 5.00. The van der Waals surface area contributed by atoms with Gasteiger partial charge in [0.25, 0.3) is 0 Å². The molecule has 0 bridgehead atoms. The van der Waals surface area contributed by atoms with Crippen molar-refractivity contribution in [2.45, 2.75) is 44.6 Å². The van der Waals surface area contributed by atoms with Crippen molar-refractivity contribution in [1.29, 1.82) is 0 Å². The second-order valence-corrected chi connectivity index (χ2v) is 6.64. The third-order valence-electron chi connectivity index (χ3n) is 1.70. The molecule has 1 saturated heterocycles. The van der Waals surface area contributed by atoms with Crippen LogP contribution in [0.2, 0.25) is 0 Å². The van der Waals surface area contributed by atoms with E-state index in [0.29, 0.717) is 17.0 Å². The lowest BCUT2D eigenvalue weighted by atomic mass is 10.1. The maximum absolute atomic E-state index is 5.78. The monoisotopic (exact) mass is 192 g/mol. The van der Waals surface area contributed by atoms with Crippen molar-refractivity contribution in [1.82, 2.24) is 0 Å². The van der Waals surface area contributed by atoms with E-state index < -0.39 is 0 Å². The van der Waals surface area contributed by atoms with Gasteiger partial charge >= 0.3 is 0 Å². The molecular weight excluding hydrogens is 176 g/mol. The Morgan fingerprint density at radius 3 is 2.45 bits per heavy atom. The van der Waals surface area contributed by atoms with Crippen LogP contribution < -0.4 is 0 Å². The first-order valence-corrected chi connectivity index (χ1v) is 6.30. The summed E-state index contributed by atoms with van der Waals surface area (Å²) in [5.74, 6) is 1.13. The van der Waals surface area contributed by atoms with Gasteiger partial charge in [-0.1, -0.05) is 21.6 Å². The van der Waals surface area contributed by atoms with Crippen molar-refractivity contribution in [2.75, 3.05) is 5.75 Å². The fourth-order valence-corrected chi connectivity index (χ4v) is 4.18. The van der Waals surface area contributed by atoms with Gasteiger partial charge in [-0.15, -0.1) is 0 Å². The number of hydrogen-bond acceptors (Lipinski definition) is 3. The zero-order chi connectivity index (χ0) is 8.48. The van der Waals surface area contributed by atoms with E-state index in [0.717, 1.165) is 5.75 Å². The summed E-state index contributed by atoms with van der Waals surface area (Å²) >= 11 is 0. The fraction of sp³-hybridized carbons (Fsp3) is 1.00.